The van der Waals surface area contributed by atoms with E-state index in [2.05, 4.69) is 25.6 Å². The number of aromatic nitrogens is 5. The Morgan fingerprint density at radius 3 is 2.74 bits per heavy atom. The highest BCUT2D eigenvalue weighted by molar-refractivity contribution is 5.45. The molecule has 4 rings (SSSR count). The van der Waals surface area contributed by atoms with Gasteiger partial charge in [0.1, 0.15) is 0 Å². The summed E-state index contributed by atoms with van der Waals surface area (Å²) in [6.07, 6.45) is 9.06. The minimum absolute atomic E-state index is 0.363. The maximum Gasteiger partial charge on any atom is 0.197 e. The van der Waals surface area contributed by atoms with Crippen LogP contribution in [0, 0.1) is 0 Å². The molecule has 8 nitrogen and oxygen atoms in total. The molecule has 0 bridgehead atoms. The molecule has 4 N–H and O–H groups in total. The lowest BCUT2D eigenvalue weighted by molar-refractivity contribution is 0.291. The third-order valence-electron chi connectivity index (χ3n) is 4.67. The van der Waals surface area contributed by atoms with Gasteiger partial charge in [-0.1, -0.05) is 29.8 Å². The van der Waals surface area contributed by atoms with Crippen molar-refractivity contribution in [3.8, 4) is 0 Å². The molecular formula is C19H25N7O. The average molecular weight is 367 g/mol. The van der Waals surface area contributed by atoms with Crippen LogP contribution in [0.15, 0.2) is 42.7 Å². The maximum absolute atomic E-state index is 5.65. The van der Waals surface area contributed by atoms with Crippen LogP contribution in [0.3, 0.4) is 0 Å². The summed E-state index contributed by atoms with van der Waals surface area (Å²) in [7, 11) is 0. The molecule has 0 spiro atoms. The summed E-state index contributed by atoms with van der Waals surface area (Å²) in [6, 6.07) is 10.1. The number of aromatic amines is 1. The Morgan fingerprint density at radius 1 is 1.19 bits per heavy atom. The highest BCUT2D eigenvalue weighted by atomic mass is 16.6. The first kappa shape index (κ1) is 17.5. The Bertz CT molecular complexity index is 854. The number of nitrogen functional groups attached to an aromatic ring is 1. The van der Waals surface area contributed by atoms with Crippen LogP contribution in [-0.2, 0) is 24.1 Å². The fourth-order valence-corrected chi connectivity index (χ4v) is 3.17. The van der Waals surface area contributed by atoms with E-state index in [0.717, 1.165) is 49.2 Å². The average Bonchev–Trinajstić information content (AvgIpc) is 3.06. The van der Waals surface area contributed by atoms with E-state index in [9.17, 15) is 0 Å². The number of nitrogens with one attached hydrogen (secondary N) is 2. The summed E-state index contributed by atoms with van der Waals surface area (Å²) in [5, 5.41) is 12.0. The molecule has 1 unspecified atom stereocenters. The molecule has 1 atom stereocenters. The molecule has 0 aliphatic carbocycles. The van der Waals surface area contributed by atoms with E-state index in [0.29, 0.717) is 19.1 Å². The number of hydrogen-bond donors (Lipinski definition) is 3. The SMILES string of the molecule is Nc1ncc(CCCCCc2cn(CC3(Nc4ccccc4)CO3)nn2)[nH]1. The number of nitrogens with two attached hydrogens (primary N) is 1. The number of unbranched alkanes of at least 4 members (excludes halogenated alkanes) is 2. The van der Waals surface area contributed by atoms with Gasteiger partial charge in [-0.15, -0.1) is 5.10 Å². The van der Waals surface area contributed by atoms with E-state index >= 15 is 0 Å². The van der Waals surface area contributed by atoms with Crippen LogP contribution < -0.4 is 11.1 Å². The first-order valence-electron chi connectivity index (χ1n) is 9.36. The molecule has 0 saturated carbocycles. The summed E-state index contributed by atoms with van der Waals surface area (Å²) in [6.45, 7) is 1.32. The van der Waals surface area contributed by atoms with Gasteiger partial charge in [0, 0.05) is 17.6 Å². The van der Waals surface area contributed by atoms with Gasteiger partial charge in [-0.05, 0) is 37.8 Å². The van der Waals surface area contributed by atoms with E-state index in [1.807, 2.05) is 41.2 Å². The quantitative estimate of drug-likeness (QED) is 0.375. The van der Waals surface area contributed by atoms with E-state index < -0.39 is 0 Å². The molecule has 1 aliphatic heterocycles. The lowest BCUT2D eigenvalue weighted by Gasteiger charge is -2.15. The summed E-state index contributed by atoms with van der Waals surface area (Å²) in [5.41, 5.74) is 8.39. The normalized spacial score (nSPS) is 18.5. The van der Waals surface area contributed by atoms with E-state index in [-0.39, 0.29) is 5.72 Å². The fourth-order valence-electron chi connectivity index (χ4n) is 3.17. The molecule has 1 saturated heterocycles. The van der Waals surface area contributed by atoms with E-state index in [1.54, 1.807) is 6.20 Å². The van der Waals surface area contributed by atoms with Crippen LogP contribution >= 0.6 is 0 Å². The third kappa shape index (κ3) is 4.85. The molecule has 1 aromatic carbocycles. The number of H-pyrrole nitrogens is 1. The van der Waals surface area contributed by atoms with Gasteiger partial charge in [0.2, 0.25) is 0 Å². The molecule has 0 amide bonds. The monoisotopic (exact) mass is 367 g/mol. The van der Waals surface area contributed by atoms with E-state index in [1.165, 1.54) is 0 Å². The van der Waals surface area contributed by atoms with Crippen molar-refractivity contribution >= 4 is 11.6 Å². The number of nitrogens with zero attached hydrogens (tertiary/aromatic N) is 4. The summed E-state index contributed by atoms with van der Waals surface area (Å²) in [4.78, 5) is 7.07. The first-order valence-corrected chi connectivity index (χ1v) is 9.36. The number of hydrogen-bond acceptors (Lipinski definition) is 6. The second-order valence-corrected chi connectivity index (χ2v) is 7.04. The first-order chi connectivity index (χ1) is 13.2. The van der Waals surface area contributed by atoms with Gasteiger partial charge in [-0.2, -0.15) is 0 Å². The molecule has 1 aliphatic rings. The number of anilines is 2. The van der Waals surface area contributed by atoms with Gasteiger partial charge in [0.15, 0.2) is 11.7 Å². The highest BCUT2D eigenvalue weighted by Gasteiger charge is 2.45. The lowest BCUT2D eigenvalue weighted by atomic mass is 10.1. The molecule has 1 fully saturated rings. The smallest absolute Gasteiger partial charge is 0.197 e. The molecule has 3 aromatic rings. The van der Waals surface area contributed by atoms with Crippen molar-refractivity contribution < 1.29 is 4.74 Å². The van der Waals surface area contributed by atoms with Crippen molar-refractivity contribution in [1.29, 1.82) is 0 Å². The zero-order valence-electron chi connectivity index (χ0n) is 15.3. The van der Waals surface area contributed by atoms with Crippen LogP contribution in [0.2, 0.25) is 0 Å². The second kappa shape index (κ2) is 7.79. The van der Waals surface area contributed by atoms with Crippen LogP contribution in [0.1, 0.15) is 30.7 Å². The second-order valence-electron chi connectivity index (χ2n) is 7.04. The van der Waals surface area contributed by atoms with Crippen LogP contribution in [0.5, 0.6) is 0 Å². The lowest BCUT2D eigenvalue weighted by Crippen LogP contribution is -2.29. The Hall–Kier alpha value is -2.87. The van der Waals surface area contributed by atoms with E-state index in [4.69, 9.17) is 10.5 Å². The molecule has 2 aromatic heterocycles. The van der Waals surface area contributed by atoms with Gasteiger partial charge in [0.05, 0.1) is 25.0 Å². The molecule has 27 heavy (non-hydrogen) atoms. The fraction of sp³-hybridized carbons (Fsp3) is 0.421. The van der Waals surface area contributed by atoms with Gasteiger partial charge in [0.25, 0.3) is 0 Å². The van der Waals surface area contributed by atoms with Crippen molar-refractivity contribution in [2.45, 2.75) is 44.4 Å². The predicted molar refractivity (Wildman–Crippen MR) is 103 cm³/mol. The largest absolute Gasteiger partial charge is 0.369 e. The zero-order valence-corrected chi connectivity index (χ0v) is 15.3. The van der Waals surface area contributed by atoms with Crippen molar-refractivity contribution in [2.75, 3.05) is 17.7 Å². The van der Waals surface area contributed by atoms with Crippen LogP contribution in [0.4, 0.5) is 11.6 Å². The Balaban J connectivity index is 1.19. The topological polar surface area (TPSA) is 110 Å². The zero-order chi connectivity index (χ0) is 18.5. The van der Waals surface area contributed by atoms with Crippen molar-refractivity contribution in [3.63, 3.8) is 0 Å². The number of para-hydroxylation sites is 1. The number of ether oxygens (including phenoxy) is 1. The van der Waals surface area contributed by atoms with Gasteiger partial charge >= 0.3 is 0 Å². The number of rotatable bonds is 10. The highest BCUT2D eigenvalue weighted by Crippen LogP contribution is 2.30. The molecule has 8 heteroatoms. The number of benzene rings is 1. The van der Waals surface area contributed by atoms with Crippen molar-refractivity contribution in [3.05, 3.63) is 54.1 Å². The molecule has 3 heterocycles. The number of aryl methyl sites for hydroxylation is 2. The maximum atomic E-state index is 5.65. The van der Waals surface area contributed by atoms with Crippen LogP contribution in [-0.4, -0.2) is 37.3 Å². The minimum Gasteiger partial charge on any atom is -0.369 e. The van der Waals surface area contributed by atoms with Gasteiger partial charge < -0.3 is 20.8 Å². The minimum atomic E-state index is -0.363. The Labute approximate surface area is 158 Å². The van der Waals surface area contributed by atoms with Gasteiger partial charge in [-0.3, -0.25) is 0 Å². The Kier molecular flexibility index (Phi) is 5.06. The molecular weight excluding hydrogens is 342 g/mol. The third-order valence-corrected chi connectivity index (χ3v) is 4.67. The Morgan fingerprint density at radius 2 is 2.00 bits per heavy atom. The predicted octanol–water partition coefficient (Wildman–Crippen LogP) is 2.38. The van der Waals surface area contributed by atoms with Crippen molar-refractivity contribution in [1.82, 2.24) is 25.0 Å². The summed E-state index contributed by atoms with van der Waals surface area (Å²) < 4.78 is 7.52. The standard InChI is InChI=1S/C19H25N7O/c20-18-21-11-16(22-18)9-5-2-6-10-17-12-26(25-24-17)13-19(14-27-19)23-15-7-3-1-4-8-15/h1,3-4,7-8,11-12,23H,2,5-6,9-10,13-14H2,(H3,20,21,22). The number of epoxide rings is 1. The summed E-state index contributed by atoms with van der Waals surface area (Å²) >= 11 is 0. The van der Waals surface area contributed by atoms with Gasteiger partial charge in [-0.25, -0.2) is 9.67 Å². The van der Waals surface area contributed by atoms with Crippen molar-refractivity contribution in [2.24, 2.45) is 0 Å². The molecule has 0 radical (unpaired) electrons. The number of imidazole rings is 1. The molecule has 142 valence electrons. The van der Waals surface area contributed by atoms with Crippen LogP contribution in [0.25, 0.3) is 0 Å². The summed E-state index contributed by atoms with van der Waals surface area (Å²) in [5.74, 6) is 0.487.